The van der Waals surface area contributed by atoms with Gasteiger partial charge in [-0.15, -0.1) is 0 Å². The molecule has 1 N–H and O–H groups in total. The number of benzene rings is 1. The number of rotatable bonds is 5. The second-order valence-electron chi connectivity index (χ2n) is 5.53. The van der Waals surface area contributed by atoms with Crippen molar-refractivity contribution in [2.45, 2.75) is 32.7 Å². The Morgan fingerprint density at radius 2 is 2.05 bits per heavy atom. The van der Waals surface area contributed by atoms with Crippen LogP contribution >= 0.6 is 0 Å². The third kappa shape index (κ3) is 2.86. The van der Waals surface area contributed by atoms with E-state index in [4.69, 9.17) is 14.2 Å². The third-order valence-corrected chi connectivity index (χ3v) is 4.22. The fourth-order valence-corrected chi connectivity index (χ4v) is 2.34. The van der Waals surface area contributed by atoms with Gasteiger partial charge < -0.3 is 19.5 Å². The SMILES string of the molecule is CC[C@@H](C)[C@@](C)(NC(=O)c1ccc2c(c1)OCO2)C(=O)OC. The van der Waals surface area contributed by atoms with E-state index >= 15 is 0 Å². The molecule has 1 aromatic rings. The van der Waals surface area contributed by atoms with E-state index in [9.17, 15) is 9.59 Å². The molecular formula is C16H21NO5. The number of methoxy groups -OCH3 is 1. The van der Waals surface area contributed by atoms with Gasteiger partial charge in [0.15, 0.2) is 11.5 Å². The lowest BCUT2D eigenvalue weighted by Crippen LogP contribution is -2.57. The van der Waals surface area contributed by atoms with Gasteiger partial charge in [0.1, 0.15) is 5.54 Å². The summed E-state index contributed by atoms with van der Waals surface area (Å²) < 4.78 is 15.3. The fraction of sp³-hybridized carbons (Fsp3) is 0.500. The molecule has 120 valence electrons. The fourth-order valence-electron chi connectivity index (χ4n) is 2.34. The summed E-state index contributed by atoms with van der Waals surface area (Å²) in [5.41, 5.74) is -0.681. The Labute approximate surface area is 129 Å². The van der Waals surface area contributed by atoms with Crippen molar-refractivity contribution in [1.82, 2.24) is 5.32 Å². The zero-order chi connectivity index (χ0) is 16.3. The first-order valence-corrected chi connectivity index (χ1v) is 7.23. The number of ether oxygens (including phenoxy) is 3. The molecule has 0 unspecified atom stereocenters. The van der Waals surface area contributed by atoms with E-state index in [2.05, 4.69) is 5.32 Å². The van der Waals surface area contributed by atoms with Crippen molar-refractivity contribution in [2.24, 2.45) is 5.92 Å². The van der Waals surface area contributed by atoms with E-state index in [0.29, 0.717) is 17.1 Å². The molecule has 0 radical (unpaired) electrons. The number of carbonyl (C=O) groups excluding carboxylic acids is 2. The van der Waals surface area contributed by atoms with Gasteiger partial charge in [-0.2, -0.15) is 0 Å². The molecule has 22 heavy (non-hydrogen) atoms. The predicted molar refractivity (Wildman–Crippen MR) is 79.9 cm³/mol. The molecule has 1 heterocycles. The van der Waals surface area contributed by atoms with Crippen molar-refractivity contribution in [3.63, 3.8) is 0 Å². The van der Waals surface area contributed by atoms with Crippen LogP contribution < -0.4 is 14.8 Å². The highest BCUT2D eigenvalue weighted by atomic mass is 16.7. The Hall–Kier alpha value is -2.24. The van der Waals surface area contributed by atoms with Gasteiger partial charge in [0.25, 0.3) is 5.91 Å². The van der Waals surface area contributed by atoms with Crippen LogP contribution in [0, 0.1) is 5.92 Å². The first-order chi connectivity index (χ1) is 10.4. The Balaban J connectivity index is 2.23. The van der Waals surface area contributed by atoms with Crippen LogP contribution in [0.15, 0.2) is 18.2 Å². The average molecular weight is 307 g/mol. The van der Waals surface area contributed by atoms with Gasteiger partial charge in [0.2, 0.25) is 6.79 Å². The number of hydrogen-bond acceptors (Lipinski definition) is 5. The molecule has 0 saturated carbocycles. The number of carbonyl (C=O) groups is 2. The zero-order valence-electron chi connectivity index (χ0n) is 13.3. The zero-order valence-corrected chi connectivity index (χ0v) is 13.3. The third-order valence-electron chi connectivity index (χ3n) is 4.22. The van der Waals surface area contributed by atoms with Crippen LogP contribution in [0.2, 0.25) is 0 Å². The first kappa shape index (κ1) is 16.1. The molecule has 1 aliphatic heterocycles. The molecule has 0 saturated heterocycles. The molecule has 0 fully saturated rings. The van der Waals surface area contributed by atoms with Crippen LogP contribution in [0.5, 0.6) is 11.5 Å². The van der Waals surface area contributed by atoms with Crippen molar-refractivity contribution in [3.8, 4) is 11.5 Å². The summed E-state index contributed by atoms with van der Waals surface area (Å²) in [7, 11) is 1.32. The van der Waals surface area contributed by atoms with E-state index in [-0.39, 0.29) is 18.6 Å². The van der Waals surface area contributed by atoms with Crippen molar-refractivity contribution in [1.29, 1.82) is 0 Å². The smallest absolute Gasteiger partial charge is 0.331 e. The Kier molecular flexibility index (Phi) is 4.59. The largest absolute Gasteiger partial charge is 0.467 e. The second-order valence-corrected chi connectivity index (χ2v) is 5.53. The summed E-state index contributed by atoms with van der Waals surface area (Å²) in [6, 6.07) is 4.92. The maximum Gasteiger partial charge on any atom is 0.331 e. The van der Waals surface area contributed by atoms with E-state index in [1.807, 2.05) is 13.8 Å². The van der Waals surface area contributed by atoms with Gasteiger partial charge in [0.05, 0.1) is 7.11 Å². The standard InChI is InChI=1S/C16H21NO5/c1-5-10(2)16(3,15(19)20-4)17-14(18)11-6-7-12-13(8-11)22-9-21-12/h6-8,10H,5,9H2,1-4H3,(H,17,18)/t10-,16-/m1/s1. The van der Waals surface area contributed by atoms with Gasteiger partial charge in [-0.25, -0.2) is 4.79 Å². The molecule has 1 aliphatic rings. The van der Waals surface area contributed by atoms with Crippen LogP contribution in [0.1, 0.15) is 37.6 Å². The highest BCUT2D eigenvalue weighted by Crippen LogP contribution is 2.32. The van der Waals surface area contributed by atoms with Crippen LogP contribution in [-0.2, 0) is 9.53 Å². The number of hydrogen-bond donors (Lipinski definition) is 1. The first-order valence-electron chi connectivity index (χ1n) is 7.23. The number of amides is 1. The molecule has 1 amide bonds. The summed E-state index contributed by atoms with van der Waals surface area (Å²) in [6.45, 7) is 5.68. The van der Waals surface area contributed by atoms with E-state index in [1.54, 1.807) is 25.1 Å². The summed E-state index contributed by atoms with van der Waals surface area (Å²) in [4.78, 5) is 24.6. The number of fused-ring (bicyclic) bond motifs is 1. The number of esters is 1. The monoisotopic (exact) mass is 307 g/mol. The molecular weight excluding hydrogens is 286 g/mol. The maximum absolute atomic E-state index is 12.5. The summed E-state index contributed by atoms with van der Waals surface area (Å²) in [6.07, 6.45) is 0.729. The van der Waals surface area contributed by atoms with E-state index in [1.165, 1.54) is 7.11 Å². The highest BCUT2D eigenvalue weighted by molar-refractivity contribution is 5.98. The highest BCUT2D eigenvalue weighted by Gasteiger charge is 2.41. The number of nitrogens with one attached hydrogen (secondary N) is 1. The minimum atomic E-state index is -1.09. The van der Waals surface area contributed by atoms with Crippen molar-refractivity contribution < 1.29 is 23.8 Å². The molecule has 0 bridgehead atoms. The van der Waals surface area contributed by atoms with Crippen LogP contribution in [0.4, 0.5) is 0 Å². The predicted octanol–water partition coefficient (Wildman–Crippen LogP) is 2.12. The Bertz CT molecular complexity index is 586. The summed E-state index contributed by atoms with van der Waals surface area (Å²) in [5, 5.41) is 2.79. The van der Waals surface area contributed by atoms with Gasteiger partial charge in [-0.1, -0.05) is 20.3 Å². The maximum atomic E-state index is 12.5. The minimum absolute atomic E-state index is 0.0714. The lowest BCUT2D eigenvalue weighted by atomic mass is 9.84. The van der Waals surface area contributed by atoms with Crippen molar-refractivity contribution >= 4 is 11.9 Å². The van der Waals surface area contributed by atoms with E-state index in [0.717, 1.165) is 6.42 Å². The van der Waals surface area contributed by atoms with Gasteiger partial charge in [-0.05, 0) is 31.0 Å². The molecule has 2 rings (SSSR count). The Morgan fingerprint density at radius 3 is 2.68 bits per heavy atom. The molecule has 1 aromatic carbocycles. The lowest BCUT2D eigenvalue weighted by Gasteiger charge is -2.33. The van der Waals surface area contributed by atoms with Crippen LogP contribution in [0.25, 0.3) is 0 Å². The molecule has 0 aliphatic carbocycles. The normalized spacial score (nSPS) is 16.5. The summed E-state index contributed by atoms with van der Waals surface area (Å²) in [5.74, 6) is 0.241. The van der Waals surface area contributed by atoms with Gasteiger partial charge in [-0.3, -0.25) is 4.79 Å². The second kappa shape index (κ2) is 6.25. The average Bonchev–Trinajstić information content (AvgIpc) is 3.00. The van der Waals surface area contributed by atoms with Crippen molar-refractivity contribution in [3.05, 3.63) is 23.8 Å². The van der Waals surface area contributed by atoms with Crippen LogP contribution in [0.3, 0.4) is 0 Å². The molecule has 6 nitrogen and oxygen atoms in total. The molecule has 6 heteroatoms. The van der Waals surface area contributed by atoms with Crippen molar-refractivity contribution in [2.75, 3.05) is 13.9 Å². The molecule has 2 atom stereocenters. The molecule has 0 spiro atoms. The quantitative estimate of drug-likeness (QED) is 0.844. The Morgan fingerprint density at radius 1 is 1.36 bits per heavy atom. The van der Waals surface area contributed by atoms with Gasteiger partial charge in [0, 0.05) is 5.56 Å². The van der Waals surface area contributed by atoms with E-state index < -0.39 is 11.5 Å². The summed E-state index contributed by atoms with van der Waals surface area (Å²) >= 11 is 0. The van der Waals surface area contributed by atoms with Crippen LogP contribution in [-0.4, -0.2) is 31.3 Å². The topological polar surface area (TPSA) is 73.9 Å². The van der Waals surface area contributed by atoms with Gasteiger partial charge >= 0.3 is 5.97 Å². The lowest BCUT2D eigenvalue weighted by molar-refractivity contribution is -0.149. The molecule has 0 aromatic heterocycles. The minimum Gasteiger partial charge on any atom is -0.467 e.